The van der Waals surface area contributed by atoms with Gasteiger partial charge < -0.3 is 16.0 Å². The van der Waals surface area contributed by atoms with E-state index in [-0.39, 0.29) is 18.4 Å². The van der Waals surface area contributed by atoms with Crippen LogP contribution in [0.1, 0.15) is 11.1 Å². The first-order valence-corrected chi connectivity index (χ1v) is 8.32. The fraction of sp³-hybridized carbons (Fsp3) is 0.0952. The Balaban J connectivity index is 1.51. The molecule has 132 valence electrons. The zero-order chi connectivity index (χ0) is 18.4. The standard InChI is InChI=1S/C21H20FN3O/c1-15-7-8-16(13-20(15)22)14-23-21(26)25-19-11-9-18(10-12-19)24-17-5-3-2-4-6-17/h2-13,24H,14H2,1H3,(H2,23,25,26). The predicted octanol–water partition coefficient (Wildman–Crippen LogP) is 5.20. The molecular weight excluding hydrogens is 329 g/mol. The van der Waals surface area contributed by atoms with Crippen LogP contribution in [0, 0.1) is 12.7 Å². The van der Waals surface area contributed by atoms with Crippen molar-refractivity contribution in [1.29, 1.82) is 0 Å². The Morgan fingerprint density at radius 2 is 1.54 bits per heavy atom. The Labute approximate surface area is 152 Å². The van der Waals surface area contributed by atoms with Crippen molar-refractivity contribution in [2.75, 3.05) is 10.6 Å². The molecule has 0 fully saturated rings. The third-order valence-electron chi connectivity index (χ3n) is 3.89. The number of amides is 2. The Morgan fingerprint density at radius 3 is 2.23 bits per heavy atom. The maximum absolute atomic E-state index is 13.5. The van der Waals surface area contributed by atoms with Crippen LogP contribution in [0.5, 0.6) is 0 Å². The summed E-state index contributed by atoms with van der Waals surface area (Å²) in [4.78, 5) is 12.0. The number of carbonyl (C=O) groups is 1. The fourth-order valence-electron chi connectivity index (χ4n) is 2.43. The summed E-state index contributed by atoms with van der Waals surface area (Å²) >= 11 is 0. The number of nitrogens with one attached hydrogen (secondary N) is 3. The van der Waals surface area contributed by atoms with E-state index in [1.807, 2.05) is 54.6 Å². The minimum absolute atomic E-state index is 0.261. The van der Waals surface area contributed by atoms with Gasteiger partial charge in [0.1, 0.15) is 5.82 Å². The van der Waals surface area contributed by atoms with E-state index in [1.165, 1.54) is 6.07 Å². The molecule has 0 aliphatic carbocycles. The lowest BCUT2D eigenvalue weighted by Gasteiger charge is -2.10. The topological polar surface area (TPSA) is 53.2 Å². The number of halogens is 1. The Bertz CT molecular complexity index is 880. The van der Waals surface area contributed by atoms with Crippen LogP contribution in [0.25, 0.3) is 0 Å². The van der Waals surface area contributed by atoms with Gasteiger partial charge in [-0.3, -0.25) is 0 Å². The lowest BCUT2D eigenvalue weighted by Crippen LogP contribution is -2.28. The highest BCUT2D eigenvalue weighted by Crippen LogP contribution is 2.18. The van der Waals surface area contributed by atoms with Gasteiger partial charge in [-0.25, -0.2) is 9.18 Å². The molecule has 3 aromatic carbocycles. The van der Waals surface area contributed by atoms with Crippen molar-refractivity contribution in [2.24, 2.45) is 0 Å². The maximum Gasteiger partial charge on any atom is 0.319 e. The number of anilines is 3. The Hall–Kier alpha value is -3.34. The summed E-state index contributed by atoms with van der Waals surface area (Å²) in [5.41, 5.74) is 3.90. The van der Waals surface area contributed by atoms with Crippen LogP contribution in [-0.2, 0) is 6.54 Å². The van der Waals surface area contributed by atoms with E-state index in [4.69, 9.17) is 0 Å². The summed E-state index contributed by atoms with van der Waals surface area (Å²) in [6.07, 6.45) is 0. The second-order valence-electron chi connectivity index (χ2n) is 5.96. The molecule has 2 amide bonds. The van der Waals surface area contributed by atoms with Gasteiger partial charge in [0, 0.05) is 23.6 Å². The molecule has 4 nitrogen and oxygen atoms in total. The fourth-order valence-corrected chi connectivity index (χ4v) is 2.43. The van der Waals surface area contributed by atoms with Gasteiger partial charge >= 0.3 is 6.03 Å². The van der Waals surface area contributed by atoms with Crippen molar-refractivity contribution in [3.8, 4) is 0 Å². The van der Waals surface area contributed by atoms with Crippen LogP contribution >= 0.6 is 0 Å². The Kier molecular flexibility index (Phi) is 5.49. The van der Waals surface area contributed by atoms with E-state index in [2.05, 4.69) is 16.0 Å². The summed E-state index contributed by atoms with van der Waals surface area (Å²) < 4.78 is 13.5. The Morgan fingerprint density at radius 1 is 0.885 bits per heavy atom. The molecule has 5 heteroatoms. The van der Waals surface area contributed by atoms with Crippen LogP contribution in [0.4, 0.5) is 26.2 Å². The predicted molar refractivity (Wildman–Crippen MR) is 103 cm³/mol. The first-order chi connectivity index (χ1) is 12.6. The van der Waals surface area contributed by atoms with Crippen molar-refractivity contribution in [2.45, 2.75) is 13.5 Å². The summed E-state index contributed by atoms with van der Waals surface area (Å²) in [5, 5.41) is 8.75. The number of carbonyl (C=O) groups excluding carboxylic acids is 1. The quantitative estimate of drug-likeness (QED) is 0.593. The van der Waals surface area contributed by atoms with E-state index < -0.39 is 0 Å². The number of urea groups is 1. The van der Waals surface area contributed by atoms with Crippen LogP contribution in [0.3, 0.4) is 0 Å². The minimum Gasteiger partial charge on any atom is -0.356 e. The van der Waals surface area contributed by atoms with Crippen LogP contribution in [0.2, 0.25) is 0 Å². The van der Waals surface area contributed by atoms with Crippen molar-refractivity contribution in [1.82, 2.24) is 5.32 Å². The molecule has 0 atom stereocenters. The summed E-state index contributed by atoms with van der Waals surface area (Å²) in [5.74, 6) is -0.272. The number of hydrogen-bond acceptors (Lipinski definition) is 2. The smallest absolute Gasteiger partial charge is 0.319 e. The van der Waals surface area contributed by atoms with E-state index in [9.17, 15) is 9.18 Å². The SMILES string of the molecule is Cc1ccc(CNC(=O)Nc2ccc(Nc3ccccc3)cc2)cc1F. The number of rotatable bonds is 5. The highest BCUT2D eigenvalue weighted by Gasteiger charge is 2.04. The molecule has 0 spiro atoms. The highest BCUT2D eigenvalue weighted by molar-refractivity contribution is 5.89. The van der Waals surface area contributed by atoms with Crippen LogP contribution < -0.4 is 16.0 Å². The lowest BCUT2D eigenvalue weighted by molar-refractivity contribution is 0.251. The minimum atomic E-state index is -0.338. The number of benzene rings is 3. The molecule has 0 saturated heterocycles. The maximum atomic E-state index is 13.5. The van der Waals surface area contributed by atoms with Crippen molar-refractivity contribution in [3.63, 3.8) is 0 Å². The zero-order valence-electron chi connectivity index (χ0n) is 14.4. The molecule has 0 aromatic heterocycles. The molecule has 0 aliphatic rings. The molecule has 26 heavy (non-hydrogen) atoms. The highest BCUT2D eigenvalue weighted by atomic mass is 19.1. The molecular formula is C21H20FN3O. The molecule has 0 aliphatic heterocycles. The molecule has 0 radical (unpaired) electrons. The number of hydrogen-bond donors (Lipinski definition) is 3. The van der Waals surface area contributed by atoms with Gasteiger partial charge in [0.15, 0.2) is 0 Å². The van der Waals surface area contributed by atoms with Gasteiger partial charge in [0.2, 0.25) is 0 Å². The van der Waals surface area contributed by atoms with Gasteiger partial charge in [-0.1, -0.05) is 30.3 Å². The van der Waals surface area contributed by atoms with Gasteiger partial charge in [-0.05, 0) is 60.5 Å². The lowest BCUT2D eigenvalue weighted by atomic mass is 10.1. The van der Waals surface area contributed by atoms with E-state index in [1.54, 1.807) is 19.1 Å². The average molecular weight is 349 g/mol. The average Bonchev–Trinajstić information content (AvgIpc) is 2.65. The van der Waals surface area contributed by atoms with E-state index in [0.717, 1.165) is 11.4 Å². The van der Waals surface area contributed by atoms with Gasteiger partial charge in [0.05, 0.1) is 0 Å². The largest absolute Gasteiger partial charge is 0.356 e. The van der Waals surface area contributed by atoms with Crippen LogP contribution in [-0.4, -0.2) is 6.03 Å². The van der Waals surface area contributed by atoms with Gasteiger partial charge in [-0.2, -0.15) is 0 Å². The van der Waals surface area contributed by atoms with Gasteiger partial charge in [-0.15, -0.1) is 0 Å². The summed E-state index contributed by atoms with van der Waals surface area (Å²) in [6, 6.07) is 21.8. The molecule has 3 N–H and O–H groups in total. The molecule has 0 unspecified atom stereocenters. The zero-order valence-corrected chi connectivity index (χ0v) is 14.4. The van der Waals surface area contributed by atoms with Crippen molar-refractivity contribution < 1.29 is 9.18 Å². The normalized spacial score (nSPS) is 10.2. The molecule has 0 heterocycles. The summed E-state index contributed by atoms with van der Waals surface area (Å²) in [7, 11) is 0. The van der Waals surface area contributed by atoms with E-state index in [0.29, 0.717) is 16.8 Å². The van der Waals surface area contributed by atoms with E-state index >= 15 is 0 Å². The number of aryl methyl sites for hydroxylation is 1. The molecule has 3 rings (SSSR count). The molecule has 3 aromatic rings. The van der Waals surface area contributed by atoms with Gasteiger partial charge in [0.25, 0.3) is 0 Å². The third kappa shape index (κ3) is 4.83. The first-order valence-electron chi connectivity index (χ1n) is 8.32. The second-order valence-corrected chi connectivity index (χ2v) is 5.96. The third-order valence-corrected chi connectivity index (χ3v) is 3.89. The van der Waals surface area contributed by atoms with Crippen LogP contribution in [0.15, 0.2) is 72.8 Å². The number of para-hydroxylation sites is 1. The molecule has 0 saturated carbocycles. The van der Waals surface area contributed by atoms with Crippen molar-refractivity contribution in [3.05, 3.63) is 89.7 Å². The van der Waals surface area contributed by atoms with Crippen molar-refractivity contribution >= 4 is 23.1 Å². The molecule has 0 bridgehead atoms. The monoisotopic (exact) mass is 349 g/mol. The first kappa shape index (κ1) is 17.5. The second kappa shape index (κ2) is 8.16. The summed E-state index contributed by atoms with van der Waals surface area (Å²) in [6.45, 7) is 1.96.